The van der Waals surface area contributed by atoms with Crippen LogP contribution in [0.5, 0.6) is 11.5 Å². The predicted molar refractivity (Wildman–Crippen MR) is 84.2 cm³/mol. The first-order valence-electron chi connectivity index (χ1n) is 7.49. The summed E-state index contributed by atoms with van der Waals surface area (Å²) in [5.74, 6) is 1.98. The van der Waals surface area contributed by atoms with E-state index in [2.05, 4.69) is 5.10 Å². The Morgan fingerprint density at radius 3 is 2.61 bits per heavy atom. The summed E-state index contributed by atoms with van der Waals surface area (Å²) >= 11 is 5.22. The summed E-state index contributed by atoms with van der Waals surface area (Å²) < 4.78 is 23.3. The van der Waals surface area contributed by atoms with Gasteiger partial charge in [0.2, 0.25) is 0 Å². The Balaban J connectivity index is 1.57. The summed E-state index contributed by atoms with van der Waals surface area (Å²) in [6.45, 7) is 4.37. The first kappa shape index (κ1) is 16.0. The normalized spacial score (nSPS) is 15.5. The predicted octanol–water partition coefficient (Wildman–Crippen LogP) is 0.666. The van der Waals surface area contributed by atoms with Gasteiger partial charge in [0.1, 0.15) is 24.6 Å². The van der Waals surface area contributed by atoms with E-state index in [0.29, 0.717) is 17.4 Å². The quantitative estimate of drug-likeness (QED) is 0.781. The summed E-state index contributed by atoms with van der Waals surface area (Å²) in [5.41, 5.74) is 0. The summed E-state index contributed by atoms with van der Waals surface area (Å²) in [5, 5.41) is 4.39. The second kappa shape index (κ2) is 7.58. The lowest BCUT2D eigenvalue weighted by Gasteiger charge is -2.22. The highest BCUT2D eigenvalue weighted by atomic mass is 32.1. The Kier molecular flexibility index (Phi) is 5.27. The maximum atomic E-state index is 5.65. The van der Waals surface area contributed by atoms with E-state index in [4.69, 9.17) is 30.8 Å². The highest BCUT2D eigenvalue weighted by Crippen LogP contribution is 2.17. The van der Waals surface area contributed by atoms with Crippen molar-refractivity contribution >= 4 is 12.2 Å². The maximum absolute atomic E-state index is 5.65. The zero-order valence-corrected chi connectivity index (χ0v) is 13.8. The second-order valence-electron chi connectivity index (χ2n) is 5.25. The lowest BCUT2D eigenvalue weighted by Crippen LogP contribution is -3.13. The van der Waals surface area contributed by atoms with Gasteiger partial charge in [0.05, 0.1) is 20.3 Å². The number of rotatable bonds is 6. The summed E-state index contributed by atoms with van der Waals surface area (Å²) in [7, 11) is 1.63. The van der Waals surface area contributed by atoms with Crippen molar-refractivity contribution in [2.45, 2.75) is 13.3 Å². The number of nitrogens with one attached hydrogen (secondary N) is 1. The van der Waals surface area contributed by atoms with E-state index in [1.165, 1.54) is 4.90 Å². The second-order valence-corrected chi connectivity index (χ2v) is 5.60. The van der Waals surface area contributed by atoms with Crippen molar-refractivity contribution in [3.8, 4) is 11.5 Å². The number of aromatic nitrogens is 2. The smallest absolute Gasteiger partial charge is 0.291 e. The number of quaternary nitrogens is 1. The highest BCUT2D eigenvalue weighted by molar-refractivity contribution is 7.71. The molecule has 1 aliphatic heterocycles. The molecule has 7 nitrogen and oxygen atoms in total. The molecule has 2 aromatic rings. The zero-order valence-electron chi connectivity index (χ0n) is 13.0. The molecule has 1 aliphatic rings. The third kappa shape index (κ3) is 4.31. The molecule has 0 amide bonds. The molecule has 1 aromatic heterocycles. The van der Waals surface area contributed by atoms with Gasteiger partial charge in [0.15, 0.2) is 13.3 Å². The fourth-order valence-electron chi connectivity index (χ4n) is 2.35. The molecule has 1 saturated heterocycles. The molecule has 23 heavy (non-hydrogen) atoms. The van der Waals surface area contributed by atoms with Crippen molar-refractivity contribution in [1.82, 2.24) is 9.78 Å². The van der Waals surface area contributed by atoms with Crippen LogP contribution in [0.15, 0.2) is 28.7 Å². The molecule has 1 aromatic carbocycles. The Labute approximate surface area is 139 Å². The van der Waals surface area contributed by atoms with Crippen LogP contribution in [0.4, 0.5) is 0 Å². The standard InChI is InChI=1S/C15H19N3O4S/c1-19-12-2-4-13(5-3-12)21-10-14-16-18(15(23)22-14)11-17-6-8-20-9-7-17/h2-5H,6-11H2,1H3/p+1. The lowest BCUT2D eigenvalue weighted by molar-refractivity contribution is -0.931. The molecule has 124 valence electrons. The number of benzene rings is 1. The van der Waals surface area contributed by atoms with Gasteiger partial charge in [-0.1, -0.05) is 0 Å². The minimum atomic E-state index is 0.238. The topological polar surface area (TPSA) is 63.1 Å². The molecule has 0 radical (unpaired) electrons. The van der Waals surface area contributed by atoms with Crippen LogP contribution >= 0.6 is 12.2 Å². The SMILES string of the molecule is COc1ccc(OCc2nn(C[NH+]3CCOCC3)c(=S)o2)cc1. The van der Waals surface area contributed by atoms with E-state index >= 15 is 0 Å². The van der Waals surface area contributed by atoms with Crippen LogP contribution < -0.4 is 14.4 Å². The van der Waals surface area contributed by atoms with Crippen molar-refractivity contribution < 1.29 is 23.5 Å². The molecule has 8 heteroatoms. The molecule has 0 unspecified atom stereocenters. The van der Waals surface area contributed by atoms with Crippen LogP contribution in [0.25, 0.3) is 0 Å². The van der Waals surface area contributed by atoms with E-state index in [9.17, 15) is 0 Å². The van der Waals surface area contributed by atoms with E-state index in [1.54, 1.807) is 11.8 Å². The van der Waals surface area contributed by atoms with Crippen molar-refractivity contribution in [2.24, 2.45) is 0 Å². The summed E-state index contributed by atoms with van der Waals surface area (Å²) in [6, 6.07) is 7.35. The Morgan fingerprint density at radius 1 is 1.22 bits per heavy atom. The van der Waals surface area contributed by atoms with Crippen molar-refractivity contribution in [1.29, 1.82) is 0 Å². The first-order chi connectivity index (χ1) is 11.2. The van der Waals surface area contributed by atoms with Crippen molar-refractivity contribution in [2.75, 3.05) is 33.4 Å². The number of nitrogens with zero attached hydrogens (tertiary/aromatic N) is 2. The third-order valence-corrected chi connectivity index (χ3v) is 3.94. The zero-order chi connectivity index (χ0) is 16.1. The van der Waals surface area contributed by atoms with Gasteiger partial charge in [0, 0.05) is 0 Å². The Hall–Kier alpha value is -1.90. The molecule has 2 heterocycles. The van der Waals surface area contributed by atoms with Gasteiger partial charge in [-0.3, -0.25) is 0 Å². The molecular formula is C15H20N3O4S+. The minimum Gasteiger partial charge on any atom is -0.497 e. The lowest BCUT2D eigenvalue weighted by atomic mass is 10.3. The van der Waals surface area contributed by atoms with Gasteiger partial charge in [-0.15, -0.1) is 5.10 Å². The van der Waals surface area contributed by atoms with Gasteiger partial charge in [-0.05, 0) is 36.5 Å². The molecule has 3 rings (SSSR count). The Morgan fingerprint density at radius 2 is 1.91 bits per heavy atom. The number of hydrogen-bond acceptors (Lipinski definition) is 6. The Bertz CT molecular complexity index is 677. The fraction of sp³-hybridized carbons (Fsp3) is 0.467. The summed E-state index contributed by atoms with van der Waals surface area (Å²) in [6.07, 6.45) is 0. The monoisotopic (exact) mass is 338 g/mol. The van der Waals surface area contributed by atoms with E-state index in [-0.39, 0.29) is 6.61 Å². The van der Waals surface area contributed by atoms with Crippen LogP contribution in [0.3, 0.4) is 0 Å². The molecule has 0 aliphatic carbocycles. The van der Waals surface area contributed by atoms with E-state index < -0.39 is 0 Å². The van der Waals surface area contributed by atoms with Crippen LogP contribution in [0, 0.1) is 4.84 Å². The van der Waals surface area contributed by atoms with Gasteiger partial charge < -0.3 is 23.5 Å². The number of hydrogen-bond donors (Lipinski definition) is 1. The molecule has 1 N–H and O–H groups in total. The minimum absolute atomic E-state index is 0.238. The van der Waals surface area contributed by atoms with E-state index in [0.717, 1.165) is 37.8 Å². The van der Waals surface area contributed by atoms with Crippen LogP contribution in [0.1, 0.15) is 5.89 Å². The van der Waals surface area contributed by atoms with Gasteiger partial charge in [-0.2, -0.15) is 4.68 Å². The number of ether oxygens (including phenoxy) is 3. The van der Waals surface area contributed by atoms with Crippen molar-refractivity contribution in [3.63, 3.8) is 0 Å². The fourth-order valence-corrected chi connectivity index (χ4v) is 2.56. The summed E-state index contributed by atoms with van der Waals surface area (Å²) in [4.78, 5) is 1.75. The molecule has 0 bridgehead atoms. The van der Waals surface area contributed by atoms with Crippen LogP contribution in [0.2, 0.25) is 0 Å². The van der Waals surface area contributed by atoms with Gasteiger partial charge in [-0.25, -0.2) is 0 Å². The molecular weight excluding hydrogens is 318 g/mol. The first-order valence-corrected chi connectivity index (χ1v) is 7.90. The average molecular weight is 338 g/mol. The van der Waals surface area contributed by atoms with Crippen LogP contribution in [-0.2, 0) is 18.0 Å². The van der Waals surface area contributed by atoms with Gasteiger partial charge >= 0.3 is 0 Å². The van der Waals surface area contributed by atoms with Gasteiger partial charge in [0.25, 0.3) is 10.7 Å². The number of morpholine rings is 1. The average Bonchev–Trinajstić information content (AvgIpc) is 2.94. The number of methoxy groups -OCH3 is 1. The maximum Gasteiger partial charge on any atom is 0.291 e. The highest BCUT2D eigenvalue weighted by Gasteiger charge is 2.16. The van der Waals surface area contributed by atoms with Crippen molar-refractivity contribution in [3.05, 3.63) is 35.0 Å². The largest absolute Gasteiger partial charge is 0.497 e. The molecule has 0 atom stereocenters. The molecule has 0 spiro atoms. The molecule has 1 fully saturated rings. The molecule has 0 saturated carbocycles. The van der Waals surface area contributed by atoms with E-state index in [1.807, 2.05) is 24.3 Å². The third-order valence-electron chi connectivity index (χ3n) is 3.64. The van der Waals surface area contributed by atoms with Crippen LogP contribution in [-0.4, -0.2) is 43.2 Å².